The normalized spacial score (nSPS) is 10.0. The first kappa shape index (κ1) is 15.7. The lowest BCUT2D eigenvalue weighted by Crippen LogP contribution is -1.99. The van der Waals surface area contributed by atoms with Gasteiger partial charge in [-0.25, -0.2) is 0 Å². The van der Waals surface area contributed by atoms with Crippen molar-refractivity contribution in [3.8, 4) is 11.5 Å². The van der Waals surface area contributed by atoms with Gasteiger partial charge >= 0.3 is 0 Å². The van der Waals surface area contributed by atoms with Crippen molar-refractivity contribution in [1.29, 1.82) is 0 Å². The summed E-state index contributed by atoms with van der Waals surface area (Å²) in [6.45, 7) is 2.68. The molecule has 2 rings (SSSR count). The molecule has 2 aromatic rings. The summed E-state index contributed by atoms with van der Waals surface area (Å²) in [5.74, 6) is 1.41. The minimum atomic E-state index is 0.188. The zero-order valence-corrected chi connectivity index (χ0v) is 13.1. The minimum Gasteiger partial charge on any atom is -0.489 e. The van der Waals surface area contributed by atoms with Crippen molar-refractivity contribution in [2.75, 3.05) is 6.61 Å². The zero-order valence-electron chi connectivity index (χ0n) is 11.6. The van der Waals surface area contributed by atoms with E-state index >= 15 is 0 Å². The van der Waals surface area contributed by atoms with Crippen LogP contribution in [-0.2, 0) is 6.61 Å². The third-order valence-corrected chi connectivity index (χ3v) is 2.93. The van der Waals surface area contributed by atoms with Crippen LogP contribution < -0.4 is 9.47 Å². The van der Waals surface area contributed by atoms with Crippen LogP contribution in [0.15, 0.2) is 53.0 Å². The van der Waals surface area contributed by atoms with Crippen molar-refractivity contribution in [2.24, 2.45) is 0 Å². The van der Waals surface area contributed by atoms with Gasteiger partial charge in [0.05, 0.1) is 5.69 Å². The van der Waals surface area contributed by atoms with E-state index in [-0.39, 0.29) is 4.49 Å². The van der Waals surface area contributed by atoms with Gasteiger partial charge in [-0.15, -0.1) is 0 Å². The molecule has 0 N–H and O–H groups in total. The fourth-order valence-electron chi connectivity index (χ4n) is 1.69. The average molecular weight is 324 g/mol. The second-order valence-electron chi connectivity index (χ2n) is 4.34. The number of benzene rings is 1. The highest BCUT2D eigenvalue weighted by Gasteiger charge is 2.00. The van der Waals surface area contributed by atoms with Crippen LogP contribution in [0.1, 0.15) is 11.4 Å². The number of ether oxygens (including phenoxy) is 2. The van der Waals surface area contributed by atoms with Gasteiger partial charge in [-0.3, -0.25) is 4.98 Å². The smallest absolute Gasteiger partial charge is 0.130 e. The van der Waals surface area contributed by atoms with Crippen molar-refractivity contribution in [2.45, 2.75) is 13.5 Å². The second kappa shape index (κ2) is 7.91. The van der Waals surface area contributed by atoms with E-state index in [1.807, 2.05) is 49.4 Å². The molecule has 5 heteroatoms. The van der Waals surface area contributed by atoms with Crippen LogP contribution in [0.25, 0.3) is 0 Å². The highest BCUT2D eigenvalue weighted by atomic mass is 35.5. The largest absolute Gasteiger partial charge is 0.489 e. The van der Waals surface area contributed by atoms with Crippen LogP contribution in [0, 0.1) is 6.92 Å². The van der Waals surface area contributed by atoms with E-state index in [9.17, 15) is 0 Å². The summed E-state index contributed by atoms with van der Waals surface area (Å²) in [6.07, 6.45) is 1.58. The van der Waals surface area contributed by atoms with Crippen molar-refractivity contribution >= 4 is 23.2 Å². The molecule has 1 aromatic carbocycles. The Hall–Kier alpha value is -1.71. The van der Waals surface area contributed by atoms with E-state index in [4.69, 9.17) is 32.7 Å². The maximum atomic E-state index is 5.71. The summed E-state index contributed by atoms with van der Waals surface area (Å²) in [7, 11) is 0. The molecule has 3 nitrogen and oxygen atoms in total. The van der Waals surface area contributed by atoms with E-state index in [0.717, 1.165) is 17.1 Å². The first-order chi connectivity index (χ1) is 10.1. The molecule has 0 amide bonds. The molecule has 1 heterocycles. The molecular weight excluding hydrogens is 309 g/mol. The number of aryl methyl sites for hydroxylation is 1. The Labute approximate surface area is 134 Å². The number of hydrogen-bond acceptors (Lipinski definition) is 3. The number of nitrogens with zero attached hydrogens (tertiary/aromatic N) is 1. The summed E-state index contributed by atoms with van der Waals surface area (Å²) in [5.41, 5.74) is 1.86. The first-order valence-electron chi connectivity index (χ1n) is 6.43. The molecule has 0 bridgehead atoms. The monoisotopic (exact) mass is 323 g/mol. The lowest BCUT2D eigenvalue weighted by Gasteiger charge is -2.08. The van der Waals surface area contributed by atoms with Gasteiger partial charge in [0.25, 0.3) is 0 Å². The quantitative estimate of drug-likeness (QED) is 0.774. The molecule has 0 radical (unpaired) electrons. The fraction of sp³-hybridized carbons (Fsp3) is 0.188. The van der Waals surface area contributed by atoms with E-state index in [0.29, 0.717) is 19.0 Å². The molecule has 0 aliphatic rings. The summed E-state index contributed by atoms with van der Waals surface area (Å²) in [5, 5.41) is 0. The molecule has 110 valence electrons. The minimum absolute atomic E-state index is 0.188. The SMILES string of the molecule is Cc1cccc(COc2cccc(OCC=C(Cl)Cl)c2)n1. The van der Waals surface area contributed by atoms with E-state index in [1.54, 1.807) is 6.08 Å². The standard InChI is InChI=1S/C16H15Cl2NO2/c1-12-4-2-5-13(19-12)11-21-15-7-3-6-14(10-15)20-9-8-16(17)18/h2-8,10H,9,11H2,1H3. The highest BCUT2D eigenvalue weighted by Crippen LogP contribution is 2.20. The fourth-order valence-corrected chi connectivity index (χ4v) is 1.82. The van der Waals surface area contributed by atoms with Crippen LogP contribution in [0.2, 0.25) is 0 Å². The van der Waals surface area contributed by atoms with Crippen molar-refractivity contribution in [3.63, 3.8) is 0 Å². The molecule has 0 fully saturated rings. The van der Waals surface area contributed by atoms with Gasteiger partial charge in [0.1, 0.15) is 29.2 Å². The first-order valence-corrected chi connectivity index (χ1v) is 7.18. The van der Waals surface area contributed by atoms with E-state index < -0.39 is 0 Å². The molecule has 0 atom stereocenters. The number of rotatable bonds is 6. The van der Waals surface area contributed by atoms with Crippen molar-refractivity contribution in [3.05, 3.63) is 64.4 Å². The molecule has 0 saturated heterocycles. The Kier molecular flexibility index (Phi) is 5.90. The summed E-state index contributed by atoms with van der Waals surface area (Å²) in [6, 6.07) is 13.2. The Morgan fingerprint density at radius 3 is 2.52 bits per heavy atom. The van der Waals surface area contributed by atoms with Gasteiger partial charge in [0.15, 0.2) is 0 Å². The molecule has 1 aromatic heterocycles. The third kappa shape index (κ3) is 5.66. The molecule has 0 spiro atoms. The van der Waals surface area contributed by atoms with E-state index in [2.05, 4.69) is 4.98 Å². The number of aromatic nitrogens is 1. The predicted octanol–water partition coefficient (Wildman–Crippen LogP) is 4.67. The Morgan fingerprint density at radius 2 is 1.81 bits per heavy atom. The number of hydrogen-bond donors (Lipinski definition) is 0. The van der Waals surface area contributed by atoms with Crippen LogP contribution in [0.3, 0.4) is 0 Å². The summed E-state index contributed by atoms with van der Waals surface area (Å²) >= 11 is 11.0. The molecule has 0 saturated carbocycles. The molecule has 0 aliphatic heterocycles. The molecular formula is C16H15Cl2NO2. The van der Waals surface area contributed by atoms with Gasteiger partial charge in [-0.2, -0.15) is 0 Å². The van der Waals surface area contributed by atoms with E-state index in [1.165, 1.54) is 0 Å². The third-order valence-electron chi connectivity index (χ3n) is 2.63. The van der Waals surface area contributed by atoms with Crippen LogP contribution in [0.4, 0.5) is 0 Å². The molecule has 0 unspecified atom stereocenters. The topological polar surface area (TPSA) is 31.4 Å². The lowest BCUT2D eigenvalue weighted by molar-refractivity contribution is 0.297. The van der Waals surface area contributed by atoms with Crippen molar-refractivity contribution < 1.29 is 9.47 Å². The van der Waals surface area contributed by atoms with Gasteiger partial charge < -0.3 is 9.47 Å². The highest BCUT2D eigenvalue weighted by molar-refractivity contribution is 6.55. The van der Waals surface area contributed by atoms with Crippen LogP contribution in [-0.4, -0.2) is 11.6 Å². The number of halogens is 2. The van der Waals surface area contributed by atoms with Crippen LogP contribution >= 0.6 is 23.2 Å². The lowest BCUT2D eigenvalue weighted by atomic mass is 10.3. The zero-order chi connectivity index (χ0) is 15.1. The maximum Gasteiger partial charge on any atom is 0.130 e. The van der Waals surface area contributed by atoms with Gasteiger partial charge in [0.2, 0.25) is 0 Å². The van der Waals surface area contributed by atoms with Crippen LogP contribution in [0.5, 0.6) is 11.5 Å². The van der Waals surface area contributed by atoms with Crippen molar-refractivity contribution in [1.82, 2.24) is 4.98 Å². The summed E-state index contributed by atoms with van der Waals surface area (Å²) in [4.78, 5) is 4.39. The maximum absolute atomic E-state index is 5.71. The Morgan fingerprint density at radius 1 is 1.10 bits per heavy atom. The predicted molar refractivity (Wildman–Crippen MR) is 85.0 cm³/mol. The Balaban J connectivity index is 1.93. The second-order valence-corrected chi connectivity index (χ2v) is 5.35. The van der Waals surface area contributed by atoms with Gasteiger partial charge in [-0.05, 0) is 37.3 Å². The van der Waals surface area contributed by atoms with Gasteiger partial charge in [-0.1, -0.05) is 35.3 Å². The average Bonchev–Trinajstić information content (AvgIpc) is 2.45. The number of pyridine rings is 1. The summed E-state index contributed by atoms with van der Waals surface area (Å²) < 4.78 is 11.4. The van der Waals surface area contributed by atoms with Gasteiger partial charge in [0, 0.05) is 11.8 Å². The Bertz CT molecular complexity index is 625. The molecule has 0 aliphatic carbocycles. The molecule has 21 heavy (non-hydrogen) atoms.